The molecule has 0 aliphatic carbocycles. The smallest absolute Gasteiger partial charge is 0.269 e. The number of rotatable bonds is 5. The lowest BCUT2D eigenvalue weighted by atomic mass is 10.0. The molecule has 0 aromatic heterocycles. The quantitative estimate of drug-likeness (QED) is 0.396. The molecule has 2 aromatic carbocycles. The Morgan fingerprint density at radius 1 is 1.14 bits per heavy atom. The molecule has 0 aliphatic heterocycles. The van der Waals surface area contributed by atoms with Crippen LogP contribution < -0.4 is 4.74 Å². The molecule has 0 atom stereocenters. The number of hydrogen-bond acceptors (Lipinski definition) is 5. The van der Waals surface area contributed by atoms with Crippen molar-refractivity contribution < 1.29 is 14.9 Å². The molecular weight excluding hydrogens is 272 g/mol. The van der Waals surface area contributed by atoms with Gasteiger partial charge in [-0.3, -0.25) is 10.1 Å². The molecule has 1 N–H and O–H groups in total. The maximum Gasteiger partial charge on any atom is 0.269 e. The fourth-order valence-electron chi connectivity index (χ4n) is 1.90. The van der Waals surface area contributed by atoms with Crippen molar-refractivity contribution in [3.63, 3.8) is 0 Å². The van der Waals surface area contributed by atoms with Crippen molar-refractivity contribution in [2.75, 3.05) is 6.61 Å². The number of ether oxygens (including phenoxy) is 1. The Bertz CT molecular complexity index is 648. The molecule has 0 saturated carbocycles. The minimum atomic E-state index is -0.476. The third-order valence-corrected chi connectivity index (χ3v) is 2.89. The Balaban J connectivity index is 2.29. The topological polar surface area (TPSA) is 85.0 Å². The number of nitro benzene ring substituents is 1. The summed E-state index contributed by atoms with van der Waals surface area (Å²) in [5, 5.41) is 23.1. The number of non-ortho nitro benzene ring substituents is 1. The van der Waals surface area contributed by atoms with Crippen LogP contribution in [0.3, 0.4) is 0 Å². The highest BCUT2D eigenvalue weighted by Crippen LogP contribution is 2.18. The second-order valence-electron chi connectivity index (χ2n) is 4.21. The van der Waals surface area contributed by atoms with E-state index in [0.29, 0.717) is 23.4 Å². The molecule has 0 fully saturated rings. The van der Waals surface area contributed by atoms with Gasteiger partial charge in [0, 0.05) is 23.3 Å². The van der Waals surface area contributed by atoms with Crippen molar-refractivity contribution in [2.45, 2.75) is 6.92 Å². The van der Waals surface area contributed by atoms with Crippen LogP contribution >= 0.6 is 0 Å². The summed E-state index contributed by atoms with van der Waals surface area (Å²) >= 11 is 0. The molecule has 108 valence electrons. The third kappa shape index (κ3) is 3.36. The van der Waals surface area contributed by atoms with Gasteiger partial charge >= 0.3 is 0 Å². The molecule has 21 heavy (non-hydrogen) atoms. The van der Waals surface area contributed by atoms with Crippen LogP contribution in [0.1, 0.15) is 18.1 Å². The van der Waals surface area contributed by atoms with Crippen LogP contribution in [0.5, 0.6) is 5.75 Å². The van der Waals surface area contributed by atoms with Gasteiger partial charge in [-0.25, -0.2) is 0 Å². The molecule has 2 aromatic rings. The number of nitro groups is 1. The Kier molecular flexibility index (Phi) is 4.50. The second-order valence-corrected chi connectivity index (χ2v) is 4.21. The Morgan fingerprint density at radius 2 is 1.67 bits per heavy atom. The molecule has 0 spiro atoms. The highest BCUT2D eigenvalue weighted by Gasteiger charge is 2.11. The van der Waals surface area contributed by atoms with Crippen LogP contribution in [0.4, 0.5) is 5.69 Å². The maximum absolute atomic E-state index is 10.6. The molecule has 0 aliphatic rings. The van der Waals surface area contributed by atoms with E-state index >= 15 is 0 Å². The van der Waals surface area contributed by atoms with Gasteiger partial charge in [-0.1, -0.05) is 5.16 Å². The first kappa shape index (κ1) is 14.5. The van der Waals surface area contributed by atoms with Gasteiger partial charge in [-0.15, -0.1) is 0 Å². The van der Waals surface area contributed by atoms with Crippen LogP contribution in [0.2, 0.25) is 0 Å². The van der Waals surface area contributed by atoms with Crippen molar-refractivity contribution in [2.24, 2.45) is 5.16 Å². The SMILES string of the molecule is CCOc1ccc(/C(=N/O)c2ccc([N+](=O)[O-])cc2)cc1. The van der Waals surface area contributed by atoms with Crippen molar-refractivity contribution >= 4 is 11.4 Å². The minimum absolute atomic E-state index is 0.0114. The van der Waals surface area contributed by atoms with E-state index in [1.165, 1.54) is 12.1 Å². The molecule has 0 unspecified atom stereocenters. The van der Waals surface area contributed by atoms with Crippen LogP contribution in [-0.2, 0) is 0 Å². The number of hydrogen-bond donors (Lipinski definition) is 1. The van der Waals surface area contributed by atoms with Crippen LogP contribution in [0.15, 0.2) is 53.7 Å². The van der Waals surface area contributed by atoms with Crippen molar-refractivity contribution in [1.29, 1.82) is 0 Å². The molecule has 0 amide bonds. The Morgan fingerprint density at radius 3 is 2.10 bits per heavy atom. The van der Waals surface area contributed by atoms with Crippen molar-refractivity contribution in [1.82, 2.24) is 0 Å². The zero-order valence-electron chi connectivity index (χ0n) is 11.4. The summed E-state index contributed by atoms with van der Waals surface area (Å²) in [6.45, 7) is 2.47. The van der Waals surface area contributed by atoms with E-state index < -0.39 is 4.92 Å². The summed E-state index contributed by atoms with van der Waals surface area (Å²) in [6.07, 6.45) is 0. The van der Waals surface area contributed by atoms with Gasteiger partial charge in [-0.2, -0.15) is 0 Å². The van der Waals surface area contributed by atoms with Crippen molar-refractivity contribution in [3.8, 4) is 5.75 Å². The largest absolute Gasteiger partial charge is 0.494 e. The van der Waals surface area contributed by atoms with Gasteiger partial charge in [0.25, 0.3) is 5.69 Å². The van der Waals surface area contributed by atoms with Crippen LogP contribution in [0.25, 0.3) is 0 Å². The summed E-state index contributed by atoms with van der Waals surface area (Å²) in [4.78, 5) is 10.2. The molecule has 6 heteroatoms. The Hall–Kier alpha value is -2.89. The third-order valence-electron chi connectivity index (χ3n) is 2.89. The van der Waals surface area contributed by atoms with E-state index in [-0.39, 0.29) is 5.69 Å². The average Bonchev–Trinajstić information content (AvgIpc) is 2.50. The number of oxime groups is 1. The molecular formula is C15H14N2O4. The van der Waals surface area contributed by atoms with Crippen LogP contribution in [0, 0.1) is 10.1 Å². The monoisotopic (exact) mass is 286 g/mol. The van der Waals surface area contributed by atoms with E-state index in [0.717, 1.165) is 5.75 Å². The van der Waals surface area contributed by atoms with Gasteiger partial charge in [0.15, 0.2) is 0 Å². The first-order valence-electron chi connectivity index (χ1n) is 6.36. The standard InChI is InChI=1S/C15H14N2O4/c1-2-21-14-9-5-12(6-10-14)15(16-18)11-3-7-13(8-4-11)17(19)20/h3-10,18H,2H2,1H3/b16-15+. The highest BCUT2D eigenvalue weighted by atomic mass is 16.6. The predicted octanol–water partition coefficient (Wildman–Crippen LogP) is 3.22. The molecule has 0 bridgehead atoms. The predicted molar refractivity (Wildman–Crippen MR) is 78.1 cm³/mol. The molecule has 0 heterocycles. The van der Waals surface area contributed by atoms with Gasteiger partial charge in [0.2, 0.25) is 0 Å². The summed E-state index contributed by atoms with van der Waals surface area (Å²) in [6, 6.07) is 12.9. The zero-order valence-corrected chi connectivity index (χ0v) is 11.4. The number of nitrogens with zero attached hydrogens (tertiary/aromatic N) is 2. The van der Waals surface area contributed by atoms with Crippen molar-refractivity contribution in [3.05, 3.63) is 69.8 Å². The zero-order chi connectivity index (χ0) is 15.2. The lowest BCUT2D eigenvalue weighted by Gasteiger charge is -2.07. The fraction of sp³-hybridized carbons (Fsp3) is 0.133. The van der Waals surface area contributed by atoms with E-state index in [4.69, 9.17) is 4.74 Å². The summed E-state index contributed by atoms with van der Waals surface area (Å²) in [5.74, 6) is 0.724. The number of benzene rings is 2. The van der Waals surface area contributed by atoms with E-state index in [1.807, 2.05) is 6.92 Å². The highest BCUT2D eigenvalue weighted by molar-refractivity contribution is 6.12. The second kappa shape index (κ2) is 6.51. The van der Waals surface area contributed by atoms with Gasteiger partial charge in [-0.05, 0) is 43.3 Å². The van der Waals surface area contributed by atoms with E-state index in [9.17, 15) is 15.3 Å². The van der Waals surface area contributed by atoms with Crippen LogP contribution in [-0.4, -0.2) is 22.4 Å². The van der Waals surface area contributed by atoms with Gasteiger partial charge in [0.05, 0.1) is 11.5 Å². The minimum Gasteiger partial charge on any atom is -0.494 e. The molecule has 6 nitrogen and oxygen atoms in total. The summed E-state index contributed by atoms with van der Waals surface area (Å²) in [7, 11) is 0. The lowest BCUT2D eigenvalue weighted by Crippen LogP contribution is -2.03. The normalized spacial score (nSPS) is 11.2. The first-order chi connectivity index (χ1) is 10.2. The first-order valence-corrected chi connectivity index (χ1v) is 6.36. The summed E-state index contributed by atoms with van der Waals surface area (Å²) in [5.41, 5.74) is 1.61. The lowest BCUT2D eigenvalue weighted by molar-refractivity contribution is -0.384. The summed E-state index contributed by atoms with van der Waals surface area (Å²) < 4.78 is 5.34. The average molecular weight is 286 g/mol. The van der Waals surface area contributed by atoms with E-state index in [1.54, 1.807) is 36.4 Å². The van der Waals surface area contributed by atoms with Gasteiger partial charge < -0.3 is 9.94 Å². The Labute approximate surface area is 121 Å². The molecule has 0 saturated heterocycles. The molecule has 2 rings (SSSR count). The molecule has 0 radical (unpaired) electrons. The fourth-order valence-corrected chi connectivity index (χ4v) is 1.90. The van der Waals surface area contributed by atoms with Gasteiger partial charge in [0.1, 0.15) is 11.5 Å². The van der Waals surface area contributed by atoms with E-state index in [2.05, 4.69) is 5.16 Å². The maximum atomic E-state index is 10.6.